The van der Waals surface area contributed by atoms with E-state index < -0.39 is 41.0 Å². The number of Topliss-reactive ketones (excluding diaryl/α,β-unsaturated/α-hetero) is 1. The van der Waals surface area contributed by atoms with E-state index in [-0.39, 0.29) is 59.6 Å². The first-order chi connectivity index (χ1) is 23.6. The van der Waals surface area contributed by atoms with Crippen LogP contribution < -0.4 is 10.1 Å². The monoisotopic (exact) mass is 715 g/mol. The van der Waals surface area contributed by atoms with Crippen molar-refractivity contribution in [3.05, 3.63) is 42.0 Å². The lowest BCUT2D eigenvalue weighted by Gasteiger charge is -2.43. The van der Waals surface area contributed by atoms with E-state index >= 15 is 0 Å². The van der Waals surface area contributed by atoms with Crippen LogP contribution >= 0.6 is 11.8 Å². The van der Waals surface area contributed by atoms with Gasteiger partial charge in [-0.3, -0.25) is 14.4 Å². The zero-order valence-electron chi connectivity index (χ0n) is 32.0. The van der Waals surface area contributed by atoms with Crippen molar-refractivity contribution in [1.82, 2.24) is 5.32 Å². The first-order valence-electron chi connectivity index (χ1n) is 18.5. The summed E-state index contributed by atoms with van der Waals surface area (Å²) in [4.78, 5) is 42.2. The van der Waals surface area contributed by atoms with Gasteiger partial charge in [-0.25, -0.2) is 0 Å². The molecule has 2 unspecified atom stereocenters. The number of ether oxygens (including phenoxy) is 5. The van der Waals surface area contributed by atoms with Gasteiger partial charge in [0.15, 0.2) is 11.9 Å². The second kappa shape index (κ2) is 17.0. The Morgan fingerprint density at radius 1 is 0.960 bits per heavy atom. The van der Waals surface area contributed by atoms with E-state index in [0.29, 0.717) is 18.6 Å². The number of likely N-dealkylation sites (N-methyl/N-ethyl adjacent to an activating group) is 1. The minimum atomic E-state index is -1.18. The molecule has 9 nitrogen and oxygen atoms in total. The molecule has 14 atom stereocenters. The third-order valence-electron chi connectivity index (χ3n) is 12.0. The molecule has 0 spiro atoms. The number of fused-ring (bicyclic) bond motifs is 1. The summed E-state index contributed by atoms with van der Waals surface area (Å²) in [6.07, 6.45) is 0.134. The highest BCUT2D eigenvalue weighted by Crippen LogP contribution is 2.49. The Bertz CT molecular complexity index is 1350. The maximum absolute atomic E-state index is 14.5. The Labute approximate surface area is 304 Å². The minimum Gasteiger partial charge on any atom is -0.497 e. The number of carbonyl (C=O) groups is 3. The molecule has 0 aliphatic carbocycles. The number of esters is 2. The molecule has 50 heavy (non-hydrogen) atoms. The Kier molecular flexibility index (Phi) is 13.7. The molecule has 10 heteroatoms. The molecule has 3 fully saturated rings. The molecule has 280 valence electrons. The molecule has 1 aromatic rings. The fraction of sp³-hybridized carbons (Fsp3) is 0.725. The van der Waals surface area contributed by atoms with Crippen molar-refractivity contribution in [2.24, 2.45) is 41.4 Å². The second-order valence-corrected chi connectivity index (χ2v) is 16.5. The predicted molar refractivity (Wildman–Crippen MR) is 197 cm³/mol. The number of rotatable bonds is 8. The molecule has 3 saturated heterocycles. The summed E-state index contributed by atoms with van der Waals surface area (Å²) >= 11 is 1.48. The molecule has 0 radical (unpaired) electrons. The van der Waals surface area contributed by atoms with Crippen molar-refractivity contribution in [2.45, 2.75) is 129 Å². The number of ketones is 1. The predicted octanol–water partition coefficient (Wildman–Crippen LogP) is 7.00. The van der Waals surface area contributed by atoms with Crippen molar-refractivity contribution in [3.8, 4) is 5.75 Å². The summed E-state index contributed by atoms with van der Waals surface area (Å²) in [6, 6.07) is 7.80. The Morgan fingerprint density at radius 3 is 2.22 bits per heavy atom. The molecule has 0 aromatic heterocycles. The van der Waals surface area contributed by atoms with Crippen molar-refractivity contribution in [2.75, 3.05) is 14.2 Å². The molecule has 4 rings (SSSR count). The van der Waals surface area contributed by atoms with Crippen LogP contribution in [0.5, 0.6) is 5.75 Å². The Morgan fingerprint density at radius 2 is 1.62 bits per heavy atom. The third-order valence-corrected chi connectivity index (χ3v) is 13.3. The van der Waals surface area contributed by atoms with Crippen LogP contribution in [0.25, 0.3) is 0 Å². The topological polar surface area (TPSA) is 109 Å². The van der Waals surface area contributed by atoms with Gasteiger partial charge in [-0.15, -0.1) is 11.8 Å². The van der Waals surface area contributed by atoms with Gasteiger partial charge in [0.1, 0.15) is 22.9 Å². The molecule has 1 aromatic carbocycles. The number of cyclic esters (lactones) is 1. The minimum absolute atomic E-state index is 0.0214. The highest BCUT2D eigenvalue weighted by molar-refractivity contribution is 7.99. The number of hydrogen-bond donors (Lipinski definition) is 1. The molecule has 0 saturated carbocycles. The van der Waals surface area contributed by atoms with Gasteiger partial charge in [0.05, 0.1) is 25.2 Å². The first-order valence-corrected chi connectivity index (χ1v) is 19.5. The van der Waals surface area contributed by atoms with Gasteiger partial charge in [0, 0.05) is 29.5 Å². The standard InChI is InChI=1S/C40H61NO8S/c1-13-32-40(10)33(36(38(44)49-40)50-20-29-14-16-30(45-12)17-15-29)28(9)34(42)21(2)18-22(3)35(25(6)24(5)26(7)37(43)47-32)48-39-27(8)31(41-11)19-23(4)46-39/h14-17,21-26,28,31-33,35-36,39,41H,8,13,18-20H2,1-7,9-12H3/t21-,22+,23-,24+,25+,26-,28-,31+,32-,33?,35+,36?,39+,40-/m1/s1. The van der Waals surface area contributed by atoms with Crippen molar-refractivity contribution < 1.29 is 38.1 Å². The quantitative estimate of drug-likeness (QED) is 0.223. The molecule has 0 amide bonds. The van der Waals surface area contributed by atoms with Crippen molar-refractivity contribution in [1.29, 1.82) is 0 Å². The molecule has 3 aliphatic rings. The fourth-order valence-corrected chi connectivity index (χ4v) is 9.97. The van der Waals surface area contributed by atoms with Crippen LogP contribution in [-0.4, -0.2) is 73.4 Å². The summed E-state index contributed by atoms with van der Waals surface area (Å²) in [6.45, 7) is 22.2. The number of nitrogens with one attached hydrogen (secondary N) is 1. The number of thioether (sulfide) groups is 1. The van der Waals surface area contributed by atoms with Crippen LogP contribution in [0.2, 0.25) is 0 Å². The fourth-order valence-electron chi connectivity index (χ4n) is 8.51. The van der Waals surface area contributed by atoms with Gasteiger partial charge >= 0.3 is 11.9 Å². The van der Waals surface area contributed by atoms with E-state index in [4.69, 9.17) is 23.7 Å². The molecule has 1 N–H and O–H groups in total. The van der Waals surface area contributed by atoms with Gasteiger partial charge in [-0.1, -0.05) is 67.2 Å². The number of hydrogen-bond acceptors (Lipinski definition) is 10. The van der Waals surface area contributed by atoms with Crippen molar-refractivity contribution >= 4 is 29.5 Å². The van der Waals surface area contributed by atoms with Gasteiger partial charge in [-0.2, -0.15) is 0 Å². The van der Waals surface area contributed by atoms with Crippen molar-refractivity contribution in [3.63, 3.8) is 0 Å². The lowest BCUT2D eigenvalue weighted by Crippen LogP contribution is -2.53. The maximum atomic E-state index is 14.5. The smallest absolute Gasteiger partial charge is 0.320 e. The highest BCUT2D eigenvalue weighted by atomic mass is 32.2. The van der Waals surface area contributed by atoms with Crippen LogP contribution in [-0.2, 0) is 39.1 Å². The Hall–Kier alpha value is -2.40. The summed E-state index contributed by atoms with van der Waals surface area (Å²) < 4.78 is 31.0. The van der Waals surface area contributed by atoms with E-state index in [1.165, 1.54) is 11.8 Å². The van der Waals surface area contributed by atoms with E-state index in [9.17, 15) is 14.4 Å². The summed E-state index contributed by atoms with van der Waals surface area (Å²) in [5.74, 6) is -1.44. The summed E-state index contributed by atoms with van der Waals surface area (Å²) in [5.41, 5.74) is 0.695. The number of carbonyl (C=O) groups excluding carboxylic acids is 3. The lowest BCUT2D eigenvalue weighted by atomic mass is 9.70. The molecule has 3 heterocycles. The van der Waals surface area contributed by atoms with Gasteiger partial charge < -0.3 is 29.0 Å². The van der Waals surface area contributed by atoms with E-state index in [2.05, 4.69) is 32.7 Å². The largest absolute Gasteiger partial charge is 0.497 e. The average molecular weight is 716 g/mol. The maximum Gasteiger partial charge on any atom is 0.320 e. The molecule has 0 bridgehead atoms. The van der Waals surface area contributed by atoms with Crippen LogP contribution in [0, 0.1) is 41.4 Å². The van der Waals surface area contributed by atoms with Crippen LogP contribution in [0.4, 0.5) is 0 Å². The average Bonchev–Trinajstić information content (AvgIpc) is 3.36. The SMILES string of the molecule is C=C1[C@H](O[C@@H]2[C@@H](C)[C@H](C)[C@@H](C)C(=O)O[C@H](CC)[C@@]3(C)OC(=O)C(SCc4ccc(OC)cc4)C3[C@@H](C)C(=O)[C@H](C)C[C@@H]2C)O[C@H](C)C[C@@H]1NC. The van der Waals surface area contributed by atoms with E-state index in [1.54, 1.807) is 7.11 Å². The molecular formula is C40H61NO8S. The highest BCUT2D eigenvalue weighted by Gasteiger charge is 2.61. The van der Waals surface area contributed by atoms with Gasteiger partial charge in [0.25, 0.3) is 0 Å². The van der Waals surface area contributed by atoms with E-state index in [0.717, 1.165) is 23.3 Å². The van der Waals surface area contributed by atoms with E-state index in [1.807, 2.05) is 72.9 Å². The summed E-state index contributed by atoms with van der Waals surface area (Å²) in [7, 11) is 3.54. The Balaban J connectivity index is 1.69. The van der Waals surface area contributed by atoms with Gasteiger partial charge in [-0.05, 0) is 81.2 Å². The lowest BCUT2D eigenvalue weighted by molar-refractivity contribution is -0.212. The first kappa shape index (κ1) is 40.4. The van der Waals surface area contributed by atoms with Crippen LogP contribution in [0.15, 0.2) is 36.4 Å². The molecule has 3 aliphatic heterocycles. The normalized spacial score (nSPS) is 40.4. The third kappa shape index (κ3) is 8.45. The summed E-state index contributed by atoms with van der Waals surface area (Å²) in [5, 5.41) is 2.72. The number of benzene rings is 1. The molecular weight excluding hydrogens is 655 g/mol. The van der Waals surface area contributed by atoms with Gasteiger partial charge in [0.2, 0.25) is 0 Å². The zero-order valence-corrected chi connectivity index (χ0v) is 32.8. The van der Waals surface area contributed by atoms with Crippen LogP contribution in [0.3, 0.4) is 0 Å². The van der Waals surface area contributed by atoms with Crippen LogP contribution in [0.1, 0.15) is 87.1 Å². The number of methoxy groups -OCH3 is 1. The second-order valence-electron chi connectivity index (χ2n) is 15.4. The zero-order chi connectivity index (χ0) is 37.1.